The fourth-order valence-electron chi connectivity index (χ4n) is 2.89. The molecule has 0 spiro atoms. The van der Waals surface area contributed by atoms with Crippen molar-refractivity contribution in [2.75, 3.05) is 26.7 Å². The van der Waals surface area contributed by atoms with Crippen LogP contribution in [-0.4, -0.2) is 51.8 Å². The van der Waals surface area contributed by atoms with E-state index in [2.05, 4.69) is 9.71 Å². The monoisotopic (exact) mass is 419 g/mol. The molecule has 0 atom stereocenters. The van der Waals surface area contributed by atoms with Crippen LogP contribution < -0.4 is 10.1 Å². The number of halogens is 1. The van der Waals surface area contributed by atoms with Gasteiger partial charge in [0.1, 0.15) is 16.5 Å². The molecule has 1 N–H and O–H groups in total. The molecular weight excluding hydrogens is 397 g/mol. The summed E-state index contributed by atoms with van der Waals surface area (Å²) in [6.45, 7) is 0.933. The number of amides is 1. The first-order chi connectivity index (χ1) is 13.9. The Bertz CT molecular complexity index is 1010. The zero-order valence-corrected chi connectivity index (χ0v) is 16.8. The van der Waals surface area contributed by atoms with E-state index in [0.29, 0.717) is 24.5 Å². The van der Waals surface area contributed by atoms with Gasteiger partial charge in [0.2, 0.25) is 5.91 Å². The van der Waals surface area contributed by atoms with Crippen LogP contribution in [0.15, 0.2) is 57.8 Å². The SMILES string of the molecule is CN(CC(=O)NCCCCOc1ccc(F)cc1)C1=NS(=O)(=O)c2ccccc21. The van der Waals surface area contributed by atoms with E-state index in [1.54, 1.807) is 37.4 Å². The number of nitrogens with one attached hydrogen (secondary N) is 1. The minimum absolute atomic E-state index is 0.00519. The second kappa shape index (κ2) is 9.04. The number of unbranched alkanes of at least 4 members (excludes halogenated alkanes) is 1. The van der Waals surface area contributed by atoms with E-state index in [1.807, 2.05) is 0 Å². The number of hydrogen-bond donors (Lipinski definition) is 1. The Morgan fingerprint density at radius 3 is 2.62 bits per heavy atom. The smallest absolute Gasteiger partial charge is 0.285 e. The van der Waals surface area contributed by atoms with E-state index >= 15 is 0 Å². The molecule has 1 heterocycles. The third kappa shape index (κ3) is 5.32. The second-order valence-corrected chi connectivity index (χ2v) is 8.17. The van der Waals surface area contributed by atoms with Gasteiger partial charge in [0.15, 0.2) is 5.84 Å². The van der Waals surface area contributed by atoms with Gasteiger partial charge in [0, 0.05) is 19.2 Å². The molecule has 3 rings (SSSR count). The maximum atomic E-state index is 12.8. The molecule has 9 heteroatoms. The normalized spacial score (nSPS) is 14.1. The minimum Gasteiger partial charge on any atom is -0.494 e. The maximum Gasteiger partial charge on any atom is 0.285 e. The molecule has 2 aromatic rings. The maximum absolute atomic E-state index is 12.8. The lowest BCUT2D eigenvalue weighted by molar-refractivity contribution is -0.121. The molecule has 1 aliphatic heterocycles. The standard InChI is InChI=1S/C20H22FN3O4S/c1-24(20-17-6-2-3-7-18(17)29(26,27)23-20)14-19(25)22-12-4-5-13-28-16-10-8-15(21)9-11-16/h2-3,6-11H,4-5,12-14H2,1H3,(H,22,25). The highest BCUT2D eigenvalue weighted by atomic mass is 32.2. The zero-order valence-electron chi connectivity index (χ0n) is 16.0. The van der Waals surface area contributed by atoms with Gasteiger partial charge in [-0.25, -0.2) is 4.39 Å². The molecule has 0 fully saturated rings. The molecule has 7 nitrogen and oxygen atoms in total. The van der Waals surface area contributed by atoms with Crippen molar-refractivity contribution in [1.29, 1.82) is 0 Å². The van der Waals surface area contributed by atoms with Gasteiger partial charge in [-0.05, 0) is 49.2 Å². The Balaban J connectivity index is 1.39. The van der Waals surface area contributed by atoms with Crippen LogP contribution >= 0.6 is 0 Å². The van der Waals surface area contributed by atoms with Crippen molar-refractivity contribution in [3.63, 3.8) is 0 Å². The molecule has 29 heavy (non-hydrogen) atoms. The summed E-state index contributed by atoms with van der Waals surface area (Å²) in [7, 11) is -2.08. The number of ether oxygens (including phenoxy) is 1. The molecule has 154 valence electrons. The van der Waals surface area contributed by atoms with Crippen molar-refractivity contribution >= 4 is 21.8 Å². The molecule has 0 saturated carbocycles. The Labute approximate surface area is 169 Å². The quantitative estimate of drug-likeness (QED) is 0.663. The molecule has 0 radical (unpaired) electrons. The largest absolute Gasteiger partial charge is 0.494 e. The number of likely N-dealkylation sites (N-methyl/N-ethyl adjacent to an activating group) is 1. The van der Waals surface area contributed by atoms with Crippen LogP contribution in [-0.2, 0) is 14.8 Å². The Kier molecular flexibility index (Phi) is 6.48. The minimum atomic E-state index is -3.71. The lowest BCUT2D eigenvalue weighted by Gasteiger charge is -2.18. The number of amidine groups is 1. The Hall–Kier alpha value is -2.94. The lowest BCUT2D eigenvalue weighted by atomic mass is 10.2. The highest BCUT2D eigenvalue weighted by Crippen LogP contribution is 2.26. The van der Waals surface area contributed by atoms with Gasteiger partial charge in [-0.15, -0.1) is 4.40 Å². The van der Waals surface area contributed by atoms with Gasteiger partial charge >= 0.3 is 0 Å². The van der Waals surface area contributed by atoms with E-state index in [9.17, 15) is 17.6 Å². The average Bonchev–Trinajstić information content (AvgIpc) is 2.97. The first kappa shape index (κ1) is 20.8. The third-order valence-corrected chi connectivity index (χ3v) is 5.66. The van der Waals surface area contributed by atoms with E-state index in [0.717, 1.165) is 12.8 Å². The molecule has 0 saturated heterocycles. The van der Waals surface area contributed by atoms with Crippen LogP contribution in [0.1, 0.15) is 18.4 Å². The van der Waals surface area contributed by atoms with E-state index in [4.69, 9.17) is 4.74 Å². The van der Waals surface area contributed by atoms with Crippen LogP contribution in [0.3, 0.4) is 0 Å². The summed E-state index contributed by atoms with van der Waals surface area (Å²) < 4.78 is 46.3. The van der Waals surface area contributed by atoms with Crippen molar-refractivity contribution in [2.24, 2.45) is 4.40 Å². The number of carbonyl (C=O) groups is 1. The zero-order chi connectivity index (χ0) is 20.9. The number of fused-ring (bicyclic) bond motifs is 1. The summed E-state index contributed by atoms with van der Waals surface area (Å²) >= 11 is 0. The molecule has 0 unspecified atom stereocenters. The summed E-state index contributed by atoms with van der Waals surface area (Å²) in [5.41, 5.74) is 0.501. The molecular formula is C20H22FN3O4S. The Morgan fingerprint density at radius 2 is 1.86 bits per heavy atom. The summed E-state index contributed by atoms with van der Waals surface area (Å²) in [5, 5.41) is 2.80. The third-order valence-electron chi connectivity index (χ3n) is 4.33. The van der Waals surface area contributed by atoms with E-state index < -0.39 is 10.0 Å². The Morgan fingerprint density at radius 1 is 1.14 bits per heavy atom. The lowest BCUT2D eigenvalue weighted by Crippen LogP contribution is -2.38. The molecule has 0 aliphatic carbocycles. The van der Waals surface area contributed by atoms with Crippen molar-refractivity contribution in [1.82, 2.24) is 10.2 Å². The summed E-state index contributed by atoms with van der Waals surface area (Å²) in [5.74, 6) is 0.333. The van der Waals surface area contributed by atoms with Gasteiger partial charge < -0.3 is 15.0 Å². The van der Waals surface area contributed by atoms with Gasteiger partial charge in [-0.2, -0.15) is 8.42 Å². The highest BCUT2D eigenvalue weighted by Gasteiger charge is 2.30. The molecule has 2 aromatic carbocycles. The summed E-state index contributed by atoms with van der Waals surface area (Å²) in [4.78, 5) is 13.8. The fourth-order valence-corrected chi connectivity index (χ4v) is 4.14. The predicted octanol–water partition coefficient (Wildman–Crippen LogP) is 2.18. The van der Waals surface area contributed by atoms with Crippen LogP contribution in [0.25, 0.3) is 0 Å². The summed E-state index contributed by atoms with van der Waals surface area (Å²) in [6, 6.07) is 12.4. The van der Waals surface area contributed by atoms with Gasteiger partial charge in [0.25, 0.3) is 10.0 Å². The first-order valence-corrected chi connectivity index (χ1v) is 10.6. The van der Waals surface area contributed by atoms with Crippen molar-refractivity contribution in [3.8, 4) is 5.75 Å². The predicted molar refractivity (Wildman–Crippen MR) is 107 cm³/mol. The highest BCUT2D eigenvalue weighted by molar-refractivity contribution is 7.90. The van der Waals surface area contributed by atoms with Crippen molar-refractivity contribution < 1.29 is 22.3 Å². The number of carbonyl (C=O) groups excluding carboxylic acids is 1. The van der Waals surface area contributed by atoms with Gasteiger partial charge in [-0.3, -0.25) is 4.79 Å². The van der Waals surface area contributed by atoms with Crippen LogP contribution in [0.2, 0.25) is 0 Å². The fraction of sp³-hybridized carbons (Fsp3) is 0.300. The summed E-state index contributed by atoms with van der Waals surface area (Å²) in [6.07, 6.45) is 1.45. The molecule has 0 aromatic heterocycles. The molecule has 1 amide bonds. The van der Waals surface area contributed by atoms with Crippen molar-refractivity contribution in [3.05, 3.63) is 59.9 Å². The number of nitrogens with zero attached hydrogens (tertiary/aromatic N) is 2. The second-order valence-electron chi connectivity index (χ2n) is 6.60. The van der Waals surface area contributed by atoms with Crippen molar-refractivity contribution in [2.45, 2.75) is 17.7 Å². The number of rotatable bonds is 8. The number of hydrogen-bond acceptors (Lipinski definition) is 5. The van der Waals surface area contributed by atoms with E-state index in [-0.39, 0.29) is 29.0 Å². The topological polar surface area (TPSA) is 88.1 Å². The number of benzene rings is 2. The van der Waals surface area contributed by atoms with Crippen LogP contribution in [0.5, 0.6) is 5.75 Å². The molecule has 1 aliphatic rings. The van der Waals surface area contributed by atoms with Crippen LogP contribution in [0, 0.1) is 5.82 Å². The van der Waals surface area contributed by atoms with Gasteiger partial charge in [0.05, 0.1) is 13.2 Å². The van der Waals surface area contributed by atoms with Gasteiger partial charge in [-0.1, -0.05) is 12.1 Å². The van der Waals surface area contributed by atoms with Crippen LogP contribution in [0.4, 0.5) is 4.39 Å². The molecule has 0 bridgehead atoms. The van der Waals surface area contributed by atoms with E-state index in [1.165, 1.54) is 23.1 Å². The average molecular weight is 419 g/mol. The first-order valence-electron chi connectivity index (χ1n) is 9.17. The number of sulfonamides is 1.